The number of fused-ring (bicyclic) bond motifs is 1. The lowest BCUT2D eigenvalue weighted by molar-refractivity contribution is 0.268. The van der Waals surface area contributed by atoms with Crippen molar-refractivity contribution in [2.75, 3.05) is 6.61 Å². The van der Waals surface area contributed by atoms with Crippen molar-refractivity contribution >= 4 is 10.8 Å². The van der Waals surface area contributed by atoms with E-state index < -0.39 is 0 Å². The fourth-order valence-electron chi connectivity index (χ4n) is 1.56. The third-order valence-electron chi connectivity index (χ3n) is 2.31. The number of rotatable bonds is 2. The van der Waals surface area contributed by atoms with Crippen LogP contribution in [0.25, 0.3) is 10.8 Å². The van der Waals surface area contributed by atoms with Crippen LogP contribution in [0.2, 0.25) is 0 Å². The Morgan fingerprint density at radius 3 is 3.00 bits per heavy atom. The Kier molecular flexibility index (Phi) is 2.43. The van der Waals surface area contributed by atoms with E-state index in [1.165, 1.54) is 0 Å². The van der Waals surface area contributed by atoms with Gasteiger partial charge in [-0.1, -0.05) is 18.2 Å². The zero-order valence-corrected chi connectivity index (χ0v) is 7.72. The minimum atomic E-state index is -0.331. The first kappa shape index (κ1) is 9.12. The lowest BCUT2D eigenvalue weighted by atomic mass is 10.0. The van der Waals surface area contributed by atoms with Crippen molar-refractivity contribution in [1.82, 2.24) is 4.98 Å². The Morgan fingerprint density at radius 1 is 1.36 bits per heavy atom. The highest BCUT2D eigenvalue weighted by Crippen LogP contribution is 2.21. The second kappa shape index (κ2) is 3.74. The highest BCUT2D eigenvalue weighted by molar-refractivity contribution is 5.85. The summed E-state index contributed by atoms with van der Waals surface area (Å²) in [6.45, 7) is -0.0476. The number of nitrogens with zero attached hydrogens (tertiary/aromatic N) is 1. The minimum Gasteiger partial charge on any atom is -0.394 e. The fourth-order valence-corrected chi connectivity index (χ4v) is 1.56. The number of aromatic nitrogens is 1. The number of pyridine rings is 1. The zero-order valence-electron chi connectivity index (χ0n) is 7.72. The highest BCUT2D eigenvalue weighted by Gasteiger charge is 2.07. The van der Waals surface area contributed by atoms with Crippen LogP contribution in [0.4, 0.5) is 0 Å². The predicted molar refractivity (Wildman–Crippen MR) is 55.8 cm³/mol. The molecule has 0 fully saturated rings. The maximum atomic E-state index is 9.00. The molecule has 0 amide bonds. The van der Waals surface area contributed by atoms with Gasteiger partial charge >= 0.3 is 0 Å². The van der Waals surface area contributed by atoms with Gasteiger partial charge in [-0.25, -0.2) is 0 Å². The smallest absolute Gasteiger partial charge is 0.0624 e. The van der Waals surface area contributed by atoms with Gasteiger partial charge in [-0.3, -0.25) is 4.98 Å². The third-order valence-corrected chi connectivity index (χ3v) is 2.31. The second-order valence-corrected chi connectivity index (χ2v) is 3.23. The molecule has 0 aliphatic carbocycles. The molecule has 0 spiro atoms. The molecule has 0 aliphatic heterocycles. The van der Waals surface area contributed by atoms with E-state index in [0.29, 0.717) is 0 Å². The van der Waals surface area contributed by atoms with Crippen LogP contribution in [0.3, 0.4) is 0 Å². The summed E-state index contributed by atoms with van der Waals surface area (Å²) in [6.07, 6.45) is 3.52. The van der Waals surface area contributed by atoms with Gasteiger partial charge in [-0.05, 0) is 17.0 Å². The van der Waals surface area contributed by atoms with Crippen molar-refractivity contribution in [1.29, 1.82) is 0 Å². The Balaban J connectivity index is 2.65. The number of aliphatic hydroxyl groups is 1. The summed E-state index contributed by atoms with van der Waals surface area (Å²) in [7, 11) is 0. The van der Waals surface area contributed by atoms with E-state index >= 15 is 0 Å². The molecule has 0 aliphatic rings. The lowest BCUT2D eigenvalue weighted by Crippen LogP contribution is -2.14. The Bertz CT molecular complexity index is 437. The van der Waals surface area contributed by atoms with Gasteiger partial charge in [0.15, 0.2) is 0 Å². The van der Waals surface area contributed by atoms with Gasteiger partial charge in [-0.15, -0.1) is 0 Å². The maximum Gasteiger partial charge on any atom is 0.0624 e. The maximum absolute atomic E-state index is 9.00. The van der Waals surface area contributed by atoms with E-state index in [9.17, 15) is 0 Å². The van der Waals surface area contributed by atoms with Crippen LogP contribution in [0.15, 0.2) is 36.7 Å². The molecule has 14 heavy (non-hydrogen) atoms. The summed E-state index contributed by atoms with van der Waals surface area (Å²) in [4.78, 5) is 4.05. The first-order valence-electron chi connectivity index (χ1n) is 4.52. The largest absolute Gasteiger partial charge is 0.394 e. The van der Waals surface area contributed by atoms with Crippen molar-refractivity contribution in [3.8, 4) is 0 Å². The van der Waals surface area contributed by atoms with Crippen LogP contribution in [-0.4, -0.2) is 16.7 Å². The van der Waals surface area contributed by atoms with Crippen molar-refractivity contribution in [3.05, 3.63) is 42.2 Å². The van der Waals surface area contributed by atoms with E-state index in [2.05, 4.69) is 4.98 Å². The fraction of sp³-hybridized carbons (Fsp3) is 0.182. The molecule has 0 bridgehead atoms. The van der Waals surface area contributed by atoms with E-state index in [1.54, 1.807) is 12.4 Å². The third kappa shape index (κ3) is 1.47. The molecular formula is C11H12N2O. The SMILES string of the molecule is N[C@H](CO)c1cccc2ccncc12. The molecule has 3 N–H and O–H groups in total. The van der Waals surface area contributed by atoms with E-state index in [-0.39, 0.29) is 12.6 Å². The van der Waals surface area contributed by atoms with Crippen molar-refractivity contribution in [2.45, 2.75) is 6.04 Å². The summed E-state index contributed by atoms with van der Waals surface area (Å²) >= 11 is 0. The molecule has 2 rings (SSSR count). The summed E-state index contributed by atoms with van der Waals surface area (Å²) in [5.74, 6) is 0. The van der Waals surface area contributed by atoms with E-state index in [0.717, 1.165) is 16.3 Å². The first-order valence-corrected chi connectivity index (χ1v) is 4.52. The van der Waals surface area contributed by atoms with Crippen molar-refractivity contribution in [3.63, 3.8) is 0 Å². The Morgan fingerprint density at radius 2 is 2.21 bits per heavy atom. The molecule has 3 nitrogen and oxygen atoms in total. The van der Waals surface area contributed by atoms with Crippen LogP contribution < -0.4 is 5.73 Å². The van der Waals surface area contributed by atoms with Crippen LogP contribution in [0.5, 0.6) is 0 Å². The second-order valence-electron chi connectivity index (χ2n) is 3.23. The van der Waals surface area contributed by atoms with Gasteiger partial charge in [-0.2, -0.15) is 0 Å². The van der Waals surface area contributed by atoms with Crippen LogP contribution >= 0.6 is 0 Å². The van der Waals surface area contributed by atoms with Gasteiger partial charge in [0.2, 0.25) is 0 Å². The first-order chi connectivity index (χ1) is 6.83. The summed E-state index contributed by atoms with van der Waals surface area (Å²) in [5.41, 5.74) is 6.73. The van der Waals surface area contributed by atoms with Gasteiger partial charge in [0.25, 0.3) is 0 Å². The zero-order chi connectivity index (χ0) is 9.97. The van der Waals surface area contributed by atoms with Gasteiger partial charge in [0, 0.05) is 17.8 Å². The van der Waals surface area contributed by atoms with Gasteiger partial charge in [0.05, 0.1) is 12.6 Å². The summed E-state index contributed by atoms with van der Waals surface area (Å²) in [6, 6.07) is 7.47. The molecule has 0 unspecified atom stereocenters. The molecule has 72 valence electrons. The summed E-state index contributed by atoms with van der Waals surface area (Å²) < 4.78 is 0. The molecule has 1 aromatic carbocycles. The number of aliphatic hydroxyl groups excluding tert-OH is 1. The Labute approximate surface area is 82.2 Å². The molecular weight excluding hydrogens is 176 g/mol. The van der Waals surface area contributed by atoms with Gasteiger partial charge < -0.3 is 10.8 Å². The number of nitrogens with two attached hydrogens (primary N) is 1. The van der Waals surface area contributed by atoms with Crippen LogP contribution in [0.1, 0.15) is 11.6 Å². The van der Waals surface area contributed by atoms with Gasteiger partial charge in [0.1, 0.15) is 0 Å². The molecule has 0 radical (unpaired) electrons. The molecule has 0 saturated carbocycles. The average Bonchev–Trinajstić information content (AvgIpc) is 2.27. The molecule has 1 heterocycles. The normalized spacial score (nSPS) is 13.0. The monoisotopic (exact) mass is 188 g/mol. The van der Waals surface area contributed by atoms with Crippen molar-refractivity contribution < 1.29 is 5.11 Å². The molecule has 1 aromatic heterocycles. The number of hydrogen-bond acceptors (Lipinski definition) is 3. The standard InChI is InChI=1S/C11H12N2O/c12-11(7-14)9-3-1-2-8-4-5-13-6-10(8)9/h1-6,11,14H,7,12H2/t11-/m1/s1. The number of hydrogen-bond donors (Lipinski definition) is 2. The minimum absolute atomic E-state index is 0.0476. The van der Waals surface area contributed by atoms with E-state index in [4.69, 9.17) is 10.8 Å². The highest BCUT2D eigenvalue weighted by atomic mass is 16.3. The molecule has 0 saturated heterocycles. The van der Waals surface area contributed by atoms with Crippen LogP contribution in [0, 0.1) is 0 Å². The average molecular weight is 188 g/mol. The molecule has 2 aromatic rings. The molecule has 3 heteroatoms. The predicted octanol–water partition coefficient (Wildman–Crippen LogP) is 1.23. The lowest BCUT2D eigenvalue weighted by Gasteiger charge is -2.11. The Hall–Kier alpha value is -1.45. The topological polar surface area (TPSA) is 59.1 Å². The van der Waals surface area contributed by atoms with Crippen LogP contribution in [-0.2, 0) is 0 Å². The molecule has 1 atom stereocenters. The number of benzene rings is 1. The van der Waals surface area contributed by atoms with Crippen molar-refractivity contribution in [2.24, 2.45) is 5.73 Å². The van der Waals surface area contributed by atoms with E-state index in [1.807, 2.05) is 24.3 Å². The summed E-state index contributed by atoms with van der Waals surface area (Å²) in [5, 5.41) is 11.1. The quantitative estimate of drug-likeness (QED) is 0.745.